The molecule has 1 aliphatic heterocycles. The van der Waals surface area contributed by atoms with Crippen LogP contribution in [-0.4, -0.2) is 23.6 Å². The summed E-state index contributed by atoms with van der Waals surface area (Å²) >= 11 is 0. The molecule has 1 N–H and O–H groups in total. The number of ether oxygens (including phenoxy) is 1. The number of hydrogen-bond acceptors (Lipinski definition) is 3. The first-order chi connectivity index (χ1) is 14.7. The van der Waals surface area contributed by atoms with Gasteiger partial charge in [0.2, 0.25) is 0 Å². The summed E-state index contributed by atoms with van der Waals surface area (Å²) in [6.45, 7) is 13.9. The van der Waals surface area contributed by atoms with Gasteiger partial charge in [-0.25, -0.2) is 0 Å². The van der Waals surface area contributed by atoms with Gasteiger partial charge in [0.1, 0.15) is 0 Å². The molecule has 6 fully saturated rings. The summed E-state index contributed by atoms with van der Waals surface area (Å²) in [5, 5.41) is 13.3. The van der Waals surface area contributed by atoms with Crippen LogP contribution < -0.4 is 0 Å². The highest BCUT2D eigenvalue weighted by molar-refractivity contribution is 5.87. The minimum absolute atomic E-state index is 0.409. The van der Waals surface area contributed by atoms with Crippen molar-refractivity contribution in [3.05, 3.63) is 0 Å². The summed E-state index contributed by atoms with van der Waals surface area (Å²) in [6.07, 6.45) is 13.9. The summed E-state index contributed by atoms with van der Waals surface area (Å²) in [5.74, 6) is 4.36. The molecular formula is C28H45NO2. The molecule has 174 valence electrons. The predicted molar refractivity (Wildman–Crippen MR) is 124 cm³/mol. The topological polar surface area (TPSA) is 41.8 Å². The van der Waals surface area contributed by atoms with E-state index in [9.17, 15) is 5.21 Å². The standard InChI is InChI=1S/C28H45NO2/c1-17-6-14-28-15-10-22-26(4)11-7-19-18(2)20(29-30)8-12-25(19,3)21(26)9-13-27(22,5)24(28)23(17)31-16-28/h17-19,21-24,30H,6-16H2,1-5H3. The second-order valence-corrected chi connectivity index (χ2v) is 13.9. The van der Waals surface area contributed by atoms with Gasteiger partial charge in [0.05, 0.1) is 18.4 Å². The van der Waals surface area contributed by atoms with E-state index in [1.807, 2.05) is 0 Å². The largest absolute Gasteiger partial charge is 0.411 e. The molecule has 0 aromatic rings. The first-order valence-corrected chi connectivity index (χ1v) is 13.5. The van der Waals surface area contributed by atoms with Crippen molar-refractivity contribution in [1.82, 2.24) is 0 Å². The Balaban J connectivity index is 1.37. The molecule has 0 aromatic carbocycles. The summed E-state index contributed by atoms with van der Waals surface area (Å²) in [7, 11) is 0. The fourth-order valence-corrected chi connectivity index (χ4v) is 11.7. The lowest BCUT2D eigenvalue weighted by Gasteiger charge is -2.71. The molecule has 0 amide bonds. The number of fused-ring (bicyclic) bond motifs is 5. The van der Waals surface area contributed by atoms with E-state index < -0.39 is 0 Å². The molecule has 5 aliphatic carbocycles. The third kappa shape index (κ3) is 2.43. The number of hydrogen-bond donors (Lipinski definition) is 1. The minimum atomic E-state index is 0.409. The average Bonchev–Trinajstić information content (AvgIpc) is 3.06. The minimum Gasteiger partial charge on any atom is -0.411 e. The third-order valence-corrected chi connectivity index (χ3v) is 13.0. The molecule has 31 heavy (non-hydrogen) atoms. The van der Waals surface area contributed by atoms with Gasteiger partial charge in [-0.05, 0) is 115 Å². The molecule has 11 atom stereocenters. The molecule has 11 unspecified atom stereocenters. The maximum Gasteiger partial charge on any atom is 0.0640 e. The Morgan fingerprint density at radius 3 is 2.29 bits per heavy atom. The van der Waals surface area contributed by atoms with Crippen LogP contribution in [0.3, 0.4) is 0 Å². The van der Waals surface area contributed by atoms with Gasteiger partial charge in [0.15, 0.2) is 0 Å². The van der Waals surface area contributed by atoms with E-state index in [2.05, 4.69) is 39.8 Å². The fraction of sp³-hybridized carbons (Fsp3) is 0.964. The van der Waals surface area contributed by atoms with Crippen molar-refractivity contribution in [2.45, 2.75) is 105 Å². The molecule has 0 spiro atoms. The molecule has 6 aliphatic rings. The van der Waals surface area contributed by atoms with E-state index in [0.717, 1.165) is 42.4 Å². The van der Waals surface area contributed by atoms with Crippen molar-refractivity contribution in [1.29, 1.82) is 0 Å². The molecule has 0 aromatic heterocycles. The Bertz CT molecular complexity index is 794. The second kappa shape index (κ2) is 6.51. The number of oxime groups is 1. The van der Waals surface area contributed by atoms with Crippen LogP contribution in [0.2, 0.25) is 0 Å². The zero-order valence-corrected chi connectivity index (χ0v) is 20.6. The van der Waals surface area contributed by atoms with E-state index in [-0.39, 0.29) is 0 Å². The normalized spacial score (nSPS) is 61.8. The van der Waals surface area contributed by atoms with Crippen molar-refractivity contribution < 1.29 is 9.94 Å². The zero-order chi connectivity index (χ0) is 21.8. The molecule has 1 saturated heterocycles. The van der Waals surface area contributed by atoms with Gasteiger partial charge in [-0.3, -0.25) is 0 Å². The Labute approximate surface area is 189 Å². The maximum atomic E-state index is 9.57. The molecule has 3 nitrogen and oxygen atoms in total. The third-order valence-electron chi connectivity index (χ3n) is 13.0. The van der Waals surface area contributed by atoms with Gasteiger partial charge in [-0.2, -0.15) is 0 Å². The highest BCUT2D eigenvalue weighted by Crippen LogP contribution is 2.76. The lowest BCUT2D eigenvalue weighted by atomic mass is 9.33. The average molecular weight is 428 g/mol. The molecule has 0 radical (unpaired) electrons. The first-order valence-electron chi connectivity index (χ1n) is 13.5. The van der Waals surface area contributed by atoms with Crippen molar-refractivity contribution in [3.63, 3.8) is 0 Å². The predicted octanol–water partition coefficient (Wildman–Crippen LogP) is 6.93. The summed E-state index contributed by atoms with van der Waals surface area (Å²) in [6, 6.07) is 0. The van der Waals surface area contributed by atoms with E-state index in [4.69, 9.17) is 4.74 Å². The van der Waals surface area contributed by atoms with Crippen LogP contribution >= 0.6 is 0 Å². The van der Waals surface area contributed by atoms with Crippen LogP contribution in [0.5, 0.6) is 0 Å². The van der Waals surface area contributed by atoms with E-state index in [1.54, 1.807) is 0 Å². The van der Waals surface area contributed by atoms with Crippen LogP contribution in [0.15, 0.2) is 5.16 Å². The van der Waals surface area contributed by atoms with E-state index in [0.29, 0.717) is 39.6 Å². The van der Waals surface area contributed by atoms with Gasteiger partial charge in [0, 0.05) is 5.92 Å². The van der Waals surface area contributed by atoms with Gasteiger partial charge in [0.25, 0.3) is 0 Å². The SMILES string of the molecule is CC1CCC23CCC4C(C)(CCC5C6(C)CCC(=NO)C(C)C6CCC54C)C2C1OC3. The van der Waals surface area contributed by atoms with Gasteiger partial charge >= 0.3 is 0 Å². The van der Waals surface area contributed by atoms with E-state index >= 15 is 0 Å². The molecule has 6 rings (SSSR count). The van der Waals surface area contributed by atoms with Gasteiger partial charge in [-0.15, -0.1) is 0 Å². The summed E-state index contributed by atoms with van der Waals surface area (Å²) in [5.41, 5.74) is 2.90. The van der Waals surface area contributed by atoms with Crippen molar-refractivity contribution in [2.24, 2.45) is 62.3 Å². The molecular weight excluding hydrogens is 382 g/mol. The van der Waals surface area contributed by atoms with Crippen LogP contribution in [0, 0.1) is 57.2 Å². The highest BCUT2D eigenvalue weighted by Gasteiger charge is 2.71. The van der Waals surface area contributed by atoms with Crippen molar-refractivity contribution >= 4 is 5.71 Å². The van der Waals surface area contributed by atoms with Crippen LogP contribution in [0.4, 0.5) is 0 Å². The van der Waals surface area contributed by atoms with Crippen molar-refractivity contribution in [2.75, 3.05) is 6.61 Å². The molecule has 5 saturated carbocycles. The first kappa shape index (κ1) is 21.0. The van der Waals surface area contributed by atoms with E-state index in [1.165, 1.54) is 57.8 Å². The lowest BCUT2D eigenvalue weighted by Crippen LogP contribution is -2.65. The highest BCUT2D eigenvalue weighted by atomic mass is 16.5. The zero-order valence-electron chi connectivity index (χ0n) is 20.6. The van der Waals surface area contributed by atoms with Crippen molar-refractivity contribution in [3.8, 4) is 0 Å². The molecule has 3 heteroatoms. The number of rotatable bonds is 0. The quantitative estimate of drug-likeness (QED) is 0.336. The Hall–Kier alpha value is -0.570. The summed E-state index contributed by atoms with van der Waals surface area (Å²) < 4.78 is 6.62. The molecule has 2 bridgehead atoms. The van der Waals surface area contributed by atoms with Crippen LogP contribution in [0.1, 0.15) is 98.8 Å². The lowest BCUT2D eigenvalue weighted by molar-refractivity contribution is -0.218. The fourth-order valence-electron chi connectivity index (χ4n) is 11.7. The number of nitrogens with zero attached hydrogens (tertiary/aromatic N) is 1. The Morgan fingerprint density at radius 2 is 1.52 bits per heavy atom. The Morgan fingerprint density at radius 1 is 0.839 bits per heavy atom. The Kier molecular flexibility index (Phi) is 4.41. The van der Waals surface area contributed by atoms with Gasteiger partial charge in [-0.1, -0.05) is 39.8 Å². The smallest absolute Gasteiger partial charge is 0.0640 e. The summed E-state index contributed by atoms with van der Waals surface area (Å²) in [4.78, 5) is 0. The van der Waals surface area contributed by atoms with Crippen LogP contribution in [0.25, 0.3) is 0 Å². The van der Waals surface area contributed by atoms with Gasteiger partial charge < -0.3 is 9.94 Å². The maximum absolute atomic E-state index is 9.57. The second-order valence-electron chi connectivity index (χ2n) is 13.9. The van der Waals surface area contributed by atoms with Crippen LogP contribution in [-0.2, 0) is 4.74 Å². The monoisotopic (exact) mass is 427 g/mol. The molecule has 1 heterocycles.